The summed E-state index contributed by atoms with van der Waals surface area (Å²) in [4.78, 5) is 14.5. The predicted octanol–water partition coefficient (Wildman–Crippen LogP) is 3.90. The van der Waals surface area contributed by atoms with Crippen LogP contribution in [0.2, 0.25) is 5.02 Å². The summed E-state index contributed by atoms with van der Waals surface area (Å²) in [7, 11) is 0. The molecule has 0 atom stereocenters. The molecule has 17 heavy (non-hydrogen) atoms. The molecule has 0 saturated carbocycles. The van der Waals surface area contributed by atoms with Crippen LogP contribution in [0.3, 0.4) is 0 Å². The molecule has 0 aliphatic heterocycles. The van der Waals surface area contributed by atoms with Crippen LogP contribution < -0.4 is 0 Å². The summed E-state index contributed by atoms with van der Waals surface area (Å²) in [5, 5.41) is 0.413. The molecule has 2 rings (SSSR count). The van der Waals surface area contributed by atoms with E-state index in [4.69, 9.17) is 16.3 Å². The van der Waals surface area contributed by atoms with E-state index in [1.165, 1.54) is 12.1 Å². The molecule has 1 heterocycles. The average Bonchev–Trinajstić information content (AvgIpc) is 2.62. The largest absolute Gasteiger partial charge is 0.461 e. The Kier molecular flexibility index (Phi) is 3.40. The first-order valence-electron chi connectivity index (χ1n) is 4.88. The smallest absolute Gasteiger partial charge is 0.355 e. The topological polar surface area (TPSA) is 42.1 Å². The summed E-state index contributed by atoms with van der Waals surface area (Å²) >= 11 is 9.07. The molecular weight excluding hydrogens is 312 g/mol. The minimum atomic E-state index is -0.533. The number of rotatable bonds is 2. The average molecular weight is 321 g/mol. The molecule has 0 aliphatic carbocycles. The van der Waals surface area contributed by atoms with Crippen molar-refractivity contribution in [3.63, 3.8) is 0 Å². The number of halogens is 3. The van der Waals surface area contributed by atoms with Crippen molar-refractivity contribution >= 4 is 44.4 Å². The van der Waals surface area contributed by atoms with Crippen LogP contribution in [0.15, 0.2) is 16.6 Å². The van der Waals surface area contributed by atoms with Gasteiger partial charge in [0.15, 0.2) is 0 Å². The number of carbonyl (C=O) groups is 1. The molecule has 0 fully saturated rings. The predicted molar refractivity (Wildman–Crippen MR) is 66.9 cm³/mol. The Labute approximate surface area is 110 Å². The third kappa shape index (κ3) is 2.05. The van der Waals surface area contributed by atoms with Gasteiger partial charge in [0.25, 0.3) is 0 Å². The Morgan fingerprint density at radius 3 is 2.94 bits per heavy atom. The van der Waals surface area contributed by atoms with Crippen LogP contribution in [-0.4, -0.2) is 17.6 Å². The number of carbonyl (C=O) groups excluding carboxylic acids is 1. The number of nitrogens with one attached hydrogen (secondary N) is 1. The van der Waals surface area contributed by atoms with E-state index >= 15 is 0 Å². The number of ether oxygens (including phenoxy) is 1. The van der Waals surface area contributed by atoms with E-state index in [2.05, 4.69) is 20.9 Å². The van der Waals surface area contributed by atoms with E-state index in [9.17, 15) is 9.18 Å². The fourth-order valence-corrected chi connectivity index (χ4v) is 2.57. The van der Waals surface area contributed by atoms with Crippen LogP contribution in [0.5, 0.6) is 0 Å². The fraction of sp³-hybridized carbons (Fsp3) is 0.182. The van der Waals surface area contributed by atoms with Crippen LogP contribution >= 0.6 is 27.5 Å². The molecule has 0 unspecified atom stereocenters. The number of hydrogen-bond donors (Lipinski definition) is 1. The highest BCUT2D eigenvalue weighted by Crippen LogP contribution is 2.35. The summed E-state index contributed by atoms with van der Waals surface area (Å²) in [6.07, 6.45) is 0. The monoisotopic (exact) mass is 319 g/mol. The second-order valence-corrected chi connectivity index (χ2v) is 4.49. The van der Waals surface area contributed by atoms with Gasteiger partial charge in [-0.2, -0.15) is 0 Å². The highest BCUT2D eigenvalue weighted by Gasteiger charge is 2.20. The van der Waals surface area contributed by atoms with Crippen molar-refractivity contribution in [3.05, 3.63) is 33.1 Å². The highest BCUT2D eigenvalue weighted by molar-refractivity contribution is 9.10. The SMILES string of the molecule is CCOC(=O)c1[nH]c2ccc(F)c(Cl)c2c1Br. The molecule has 0 bridgehead atoms. The molecule has 0 radical (unpaired) electrons. The van der Waals surface area contributed by atoms with Crippen LogP contribution in [-0.2, 0) is 4.74 Å². The number of esters is 1. The Bertz CT molecular complexity index is 597. The Morgan fingerprint density at radius 2 is 2.29 bits per heavy atom. The normalized spacial score (nSPS) is 10.8. The first kappa shape index (κ1) is 12.4. The number of benzene rings is 1. The lowest BCUT2D eigenvalue weighted by Crippen LogP contribution is -2.05. The van der Waals surface area contributed by atoms with Gasteiger partial charge in [-0.05, 0) is 35.0 Å². The van der Waals surface area contributed by atoms with Crippen molar-refractivity contribution in [3.8, 4) is 0 Å². The first-order chi connectivity index (χ1) is 8.06. The van der Waals surface area contributed by atoms with Crippen LogP contribution in [0, 0.1) is 5.82 Å². The zero-order valence-corrected chi connectivity index (χ0v) is 11.2. The lowest BCUT2D eigenvalue weighted by molar-refractivity contribution is 0.0519. The number of hydrogen-bond acceptors (Lipinski definition) is 2. The molecule has 1 aromatic heterocycles. The summed E-state index contributed by atoms with van der Waals surface area (Å²) in [5.74, 6) is -1.04. The molecule has 3 nitrogen and oxygen atoms in total. The summed E-state index contributed by atoms with van der Waals surface area (Å²) in [6, 6.07) is 2.76. The summed E-state index contributed by atoms with van der Waals surface area (Å²) in [6.45, 7) is 1.98. The van der Waals surface area contributed by atoms with Crippen molar-refractivity contribution in [2.75, 3.05) is 6.61 Å². The van der Waals surface area contributed by atoms with Crippen molar-refractivity contribution in [2.24, 2.45) is 0 Å². The molecule has 6 heteroatoms. The molecule has 0 spiro atoms. The number of H-pyrrole nitrogens is 1. The van der Waals surface area contributed by atoms with Gasteiger partial charge in [0.05, 0.1) is 16.1 Å². The van der Waals surface area contributed by atoms with Gasteiger partial charge in [-0.1, -0.05) is 11.6 Å². The van der Waals surface area contributed by atoms with Crippen molar-refractivity contribution in [1.29, 1.82) is 0 Å². The van der Waals surface area contributed by atoms with Gasteiger partial charge in [-0.15, -0.1) is 0 Å². The maximum absolute atomic E-state index is 13.3. The second-order valence-electron chi connectivity index (χ2n) is 3.32. The number of aromatic amines is 1. The molecule has 90 valence electrons. The third-order valence-electron chi connectivity index (χ3n) is 2.27. The Morgan fingerprint density at radius 1 is 1.59 bits per heavy atom. The molecule has 1 aromatic carbocycles. The first-order valence-corrected chi connectivity index (χ1v) is 6.05. The zero-order valence-electron chi connectivity index (χ0n) is 8.81. The summed E-state index contributed by atoms with van der Waals surface area (Å²) in [5.41, 5.74) is 0.806. The van der Waals surface area contributed by atoms with Gasteiger partial charge >= 0.3 is 5.97 Å². The minimum Gasteiger partial charge on any atom is -0.461 e. The quantitative estimate of drug-likeness (QED) is 0.853. The lowest BCUT2D eigenvalue weighted by atomic mass is 10.2. The van der Waals surface area contributed by atoms with E-state index in [0.717, 1.165) is 0 Å². The molecule has 0 amide bonds. The second kappa shape index (κ2) is 4.66. The van der Waals surface area contributed by atoms with E-state index in [-0.39, 0.29) is 17.3 Å². The van der Waals surface area contributed by atoms with Gasteiger partial charge in [0.2, 0.25) is 0 Å². The minimum absolute atomic E-state index is 0.0267. The van der Waals surface area contributed by atoms with Gasteiger partial charge in [-0.25, -0.2) is 9.18 Å². The molecule has 2 aromatic rings. The van der Waals surface area contributed by atoms with Crippen LogP contribution in [0.1, 0.15) is 17.4 Å². The fourth-order valence-electron chi connectivity index (χ4n) is 1.53. The summed E-state index contributed by atoms with van der Waals surface area (Å²) < 4.78 is 18.6. The van der Waals surface area contributed by atoms with Gasteiger partial charge in [0, 0.05) is 10.9 Å². The standard InChI is InChI=1S/C11H8BrClFNO2/c1-2-17-11(16)10-8(12)7-6(15-10)4-3-5(14)9(7)13/h3-4,15H,2H2,1H3. The van der Waals surface area contributed by atoms with E-state index < -0.39 is 11.8 Å². The number of fused-ring (bicyclic) bond motifs is 1. The van der Waals surface area contributed by atoms with Crippen molar-refractivity contribution < 1.29 is 13.9 Å². The molecular formula is C11H8BrClFNO2. The van der Waals surface area contributed by atoms with Crippen LogP contribution in [0.25, 0.3) is 10.9 Å². The van der Waals surface area contributed by atoms with Crippen molar-refractivity contribution in [1.82, 2.24) is 4.98 Å². The van der Waals surface area contributed by atoms with Gasteiger partial charge < -0.3 is 9.72 Å². The van der Waals surface area contributed by atoms with Crippen molar-refractivity contribution in [2.45, 2.75) is 6.92 Å². The molecule has 0 aliphatic rings. The van der Waals surface area contributed by atoms with Gasteiger partial charge in [-0.3, -0.25) is 0 Å². The number of aromatic nitrogens is 1. The van der Waals surface area contributed by atoms with E-state index in [1.54, 1.807) is 6.92 Å². The maximum atomic E-state index is 13.3. The lowest BCUT2D eigenvalue weighted by Gasteiger charge is -1.99. The van der Waals surface area contributed by atoms with E-state index in [0.29, 0.717) is 15.4 Å². The zero-order chi connectivity index (χ0) is 12.6. The van der Waals surface area contributed by atoms with Gasteiger partial charge in [0.1, 0.15) is 11.5 Å². The van der Waals surface area contributed by atoms with Crippen LogP contribution in [0.4, 0.5) is 4.39 Å². The highest BCUT2D eigenvalue weighted by atomic mass is 79.9. The Hall–Kier alpha value is -1.07. The Balaban J connectivity index is 2.65. The third-order valence-corrected chi connectivity index (χ3v) is 3.44. The maximum Gasteiger partial charge on any atom is 0.355 e. The van der Waals surface area contributed by atoms with E-state index in [1.807, 2.05) is 0 Å². The molecule has 0 saturated heterocycles. The molecule has 1 N–H and O–H groups in total.